The van der Waals surface area contributed by atoms with E-state index in [-0.39, 0.29) is 11.6 Å². The van der Waals surface area contributed by atoms with Gasteiger partial charge in [-0.1, -0.05) is 66.7 Å². The monoisotopic (exact) mass is 372 g/mol. The Bertz CT molecular complexity index is 1060. The number of hydrogen-bond acceptors (Lipinski definition) is 3. The lowest BCUT2D eigenvalue weighted by molar-refractivity contribution is 0.0979. The van der Waals surface area contributed by atoms with Gasteiger partial charge >= 0.3 is 0 Å². The van der Waals surface area contributed by atoms with E-state index in [1.54, 1.807) is 42.5 Å². The second-order valence-electron chi connectivity index (χ2n) is 6.23. The first-order valence-corrected chi connectivity index (χ1v) is 8.96. The van der Waals surface area contributed by atoms with Crippen molar-refractivity contribution in [3.63, 3.8) is 0 Å². The van der Waals surface area contributed by atoms with E-state index in [9.17, 15) is 9.59 Å². The molecule has 1 aliphatic rings. The van der Waals surface area contributed by atoms with Crippen molar-refractivity contribution >= 4 is 34.6 Å². The Hall–Kier alpha value is -3.31. The molecule has 0 fully saturated rings. The first kappa shape index (κ1) is 17.1. The lowest BCUT2D eigenvalue weighted by atomic mass is 9.83. The molecule has 4 rings (SSSR count). The average molecular weight is 372 g/mol. The molecule has 0 saturated heterocycles. The summed E-state index contributed by atoms with van der Waals surface area (Å²) in [6.07, 6.45) is 0. The van der Waals surface area contributed by atoms with Crippen molar-refractivity contribution in [3.05, 3.63) is 101 Å². The molecule has 0 spiro atoms. The summed E-state index contributed by atoms with van der Waals surface area (Å²) in [7, 11) is 0. The van der Waals surface area contributed by atoms with Crippen LogP contribution in [0.5, 0.6) is 0 Å². The maximum Gasteiger partial charge on any atom is 0.196 e. The quantitative estimate of drug-likeness (QED) is 0.533. The fraction of sp³-hybridized carbons (Fsp3) is 0.0455. The summed E-state index contributed by atoms with van der Waals surface area (Å²) in [5.41, 5.74) is 3.26. The van der Waals surface area contributed by atoms with E-state index in [0.29, 0.717) is 39.6 Å². The summed E-state index contributed by atoms with van der Waals surface area (Å²) in [5, 5.41) is 6.59. The van der Waals surface area contributed by atoms with Crippen LogP contribution >= 0.6 is 12.2 Å². The molecule has 0 radical (unpaired) electrons. The highest BCUT2D eigenvalue weighted by molar-refractivity contribution is 7.80. The molecule has 0 saturated carbocycles. The molecular weight excluding hydrogens is 356 g/mol. The molecule has 0 aliphatic heterocycles. The summed E-state index contributed by atoms with van der Waals surface area (Å²) in [4.78, 5) is 25.8. The van der Waals surface area contributed by atoms with Gasteiger partial charge in [-0.3, -0.25) is 9.59 Å². The van der Waals surface area contributed by atoms with Crippen molar-refractivity contribution < 1.29 is 9.59 Å². The van der Waals surface area contributed by atoms with Gasteiger partial charge in [-0.15, -0.1) is 0 Å². The molecule has 0 bridgehead atoms. The second kappa shape index (κ2) is 7.13. The highest BCUT2D eigenvalue weighted by atomic mass is 32.1. The minimum atomic E-state index is -0.172. The summed E-state index contributed by atoms with van der Waals surface area (Å²) < 4.78 is 0. The van der Waals surface area contributed by atoms with Gasteiger partial charge < -0.3 is 10.6 Å². The number of nitrogens with one attached hydrogen (secondary N) is 2. The van der Waals surface area contributed by atoms with Crippen LogP contribution in [0, 0.1) is 0 Å². The van der Waals surface area contributed by atoms with E-state index in [0.717, 1.165) is 5.56 Å². The number of benzene rings is 3. The largest absolute Gasteiger partial charge is 0.358 e. The number of ketones is 2. The molecule has 2 N–H and O–H groups in total. The average Bonchev–Trinajstić information content (AvgIpc) is 2.71. The summed E-state index contributed by atoms with van der Waals surface area (Å²) in [5.74, 6) is -0.318. The van der Waals surface area contributed by atoms with Crippen molar-refractivity contribution in [2.24, 2.45) is 0 Å². The van der Waals surface area contributed by atoms with E-state index in [2.05, 4.69) is 10.6 Å². The fourth-order valence-electron chi connectivity index (χ4n) is 3.19. The van der Waals surface area contributed by atoms with Gasteiger partial charge in [-0.05, 0) is 23.8 Å². The van der Waals surface area contributed by atoms with E-state index in [4.69, 9.17) is 12.2 Å². The number of carbonyl (C=O) groups excluding carboxylic acids is 2. The third kappa shape index (κ3) is 3.25. The maximum absolute atomic E-state index is 13.0. The van der Waals surface area contributed by atoms with Gasteiger partial charge in [0.25, 0.3) is 0 Å². The molecular formula is C22H16N2O2S. The third-order valence-electron chi connectivity index (χ3n) is 4.50. The highest BCUT2D eigenvalue weighted by Crippen LogP contribution is 2.31. The van der Waals surface area contributed by atoms with Gasteiger partial charge in [0.2, 0.25) is 0 Å². The van der Waals surface area contributed by atoms with Crippen LogP contribution < -0.4 is 10.6 Å². The summed E-state index contributed by atoms with van der Waals surface area (Å²) in [6.45, 7) is 0.567. The molecule has 27 heavy (non-hydrogen) atoms. The van der Waals surface area contributed by atoms with Gasteiger partial charge in [-0.25, -0.2) is 0 Å². The first-order chi connectivity index (χ1) is 13.1. The minimum Gasteiger partial charge on any atom is -0.358 e. The van der Waals surface area contributed by atoms with Crippen molar-refractivity contribution in [2.75, 3.05) is 5.32 Å². The first-order valence-electron chi connectivity index (χ1n) is 8.55. The van der Waals surface area contributed by atoms with Crippen LogP contribution in [0.25, 0.3) is 0 Å². The van der Waals surface area contributed by atoms with Crippen LogP contribution in [0.2, 0.25) is 0 Å². The number of fused-ring (bicyclic) bond motifs is 2. The molecule has 132 valence electrons. The molecule has 3 aromatic rings. The van der Waals surface area contributed by atoms with Gasteiger partial charge in [-0.2, -0.15) is 0 Å². The Morgan fingerprint density at radius 2 is 1.37 bits per heavy atom. The van der Waals surface area contributed by atoms with Crippen molar-refractivity contribution in [1.29, 1.82) is 0 Å². The second-order valence-corrected chi connectivity index (χ2v) is 6.63. The fourth-order valence-corrected chi connectivity index (χ4v) is 3.38. The van der Waals surface area contributed by atoms with E-state index >= 15 is 0 Å². The Morgan fingerprint density at radius 3 is 2.11 bits per heavy atom. The lowest BCUT2D eigenvalue weighted by Crippen LogP contribution is -2.30. The number of thiocarbonyl (C=S) groups is 1. The van der Waals surface area contributed by atoms with Crippen LogP contribution in [0.3, 0.4) is 0 Å². The minimum absolute atomic E-state index is 0.146. The molecule has 5 heteroatoms. The maximum atomic E-state index is 13.0. The summed E-state index contributed by atoms with van der Waals surface area (Å²) >= 11 is 5.37. The smallest absolute Gasteiger partial charge is 0.196 e. The molecule has 0 atom stereocenters. The molecule has 4 nitrogen and oxygen atoms in total. The Morgan fingerprint density at radius 1 is 0.741 bits per heavy atom. The Labute approximate surface area is 162 Å². The van der Waals surface area contributed by atoms with Crippen molar-refractivity contribution in [1.82, 2.24) is 5.32 Å². The zero-order chi connectivity index (χ0) is 18.8. The van der Waals surface area contributed by atoms with Gasteiger partial charge in [0, 0.05) is 23.2 Å². The van der Waals surface area contributed by atoms with Crippen LogP contribution in [0.4, 0.5) is 5.69 Å². The van der Waals surface area contributed by atoms with E-state index < -0.39 is 0 Å². The van der Waals surface area contributed by atoms with Gasteiger partial charge in [0.1, 0.15) is 0 Å². The Kier molecular flexibility index (Phi) is 4.52. The predicted octanol–water partition coefficient (Wildman–Crippen LogP) is 3.95. The Balaban J connectivity index is 1.59. The normalized spacial score (nSPS) is 12.1. The van der Waals surface area contributed by atoms with Crippen molar-refractivity contribution in [2.45, 2.75) is 6.54 Å². The zero-order valence-electron chi connectivity index (χ0n) is 14.4. The molecule has 0 aromatic heterocycles. The lowest BCUT2D eigenvalue weighted by Gasteiger charge is -2.21. The number of hydrogen-bond donors (Lipinski definition) is 2. The van der Waals surface area contributed by atoms with Crippen LogP contribution in [-0.4, -0.2) is 16.7 Å². The zero-order valence-corrected chi connectivity index (χ0v) is 15.2. The molecule has 0 heterocycles. The topological polar surface area (TPSA) is 58.2 Å². The summed E-state index contributed by atoms with van der Waals surface area (Å²) in [6, 6.07) is 22.0. The predicted molar refractivity (Wildman–Crippen MR) is 109 cm³/mol. The van der Waals surface area contributed by atoms with E-state index in [1.165, 1.54) is 0 Å². The number of carbonyl (C=O) groups is 2. The molecule has 0 unspecified atom stereocenters. The van der Waals surface area contributed by atoms with Crippen LogP contribution in [0.15, 0.2) is 72.8 Å². The van der Waals surface area contributed by atoms with Crippen LogP contribution in [0.1, 0.15) is 37.4 Å². The van der Waals surface area contributed by atoms with Crippen LogP contribution in [-0.2, 0) is 6.54 Å². The van der Waals surface area contributed by atoms with Gasteiger partial charge in [0.15, 0.2) is 16.7 Å². The number of rotatable bonds is 3. The van der Waals surface area contributed by atoms with E-state index in [1.807, 2.05) is 30.3 Å². The molecule has 3 aromatic carbocycles. The molecule has 0 amide bonds. The standard InChI is InChI=1S/C22H16N2O2S/c25-20-15-9-4-5-10-16(15)21(26)19-17(20)11-6-12-18(19)24-22(27)23-13-14-7-2-1-3-8-14/h1-12H,13H2,(H2,23,24,27). The number of anilines is 1. The van der Waals surface area contributed by atoms with Crippen molar-refractivity contribution in [3.8, 4) is 0 Å². The third-order valence-corrected chi connectivity index (χ3v) is 4.74. The van der Waals surface area contributed by atoms with Gasteiger partial charge in [0.05, 0.1) is 11.3 Å². The molecule has 1 aliphatic carbocycles. The SMILES string of the molecule is O=C1c2ccccc2C(=O)c2c(NC(=S)NCc3ccccc3)cccc21. The highest BCUT2D eigenvalue weighted by Gasteiger charge is 2.31.